The molecule has 3 heterocycles. The number of amides is 1. The van der Waals surface area contributed by atoms with Gasteiger partial charge in [0, 0.05) is 25.4 Å². The van der Waals surface area contributed by atoms with Gasteiger partial charge in [0.25, 0.3) is 0 Å². The predicted molar refractivity (Wildman–Crippen MR) is 92.2 cm³/mol. The number of hydrogen-bond acceptors (Lipinski definition) is 7. The average molecular weight is 341 g/mol. The van der Waals surface area contributed by atoms with Crippen LogP contribution < -0.4 is 15.0 Å². The van der Waals surface area contributed by atoms with Crippen LogP contribution in [0, 0.1) is 0 Å². The van der Waals surface area contributed by atoms with Crippen molar-refractivity contribution in [3.63, 3.8) is 0 Å². The van der Waals surface area contributed by atoms with Gasteiger partial charge >= 0.3 is 0 Å². The fraction of sp³-hybridized carbons (Fsp3) is 0.312. The van der Waals surface area contributed by atoms with E-state index in [9.17, 15) is 4.79 Å². The molecule has 3 rings (SSSR count). The van der Waals surface area contributed by atoms with Gasteiger partial charge in [0.1, 0.15) is 11.8 Å². The third-order valence-corrected chi connectivity index (χ3v) is 3.55. The zero-order chi connectivity index (χ0) is 17.6. The topological polar surface area (TPSA) is 109 Å². The second kappa shape index (κ2) is 7.56. The first-order valence-electron chi connectivity index (χ1n) is 7.87. The summed E-state index contributed by atoms with van der Waals surface area (Å²) in [6, 6.07) is 3.69. The van der Waals surface area contributed by atoms with Crippen molar-refractivity contribution in [1.82, 2.24) is 30.2 Å². The Bertz CT molecular complexity index is 864. The van der Waals surface area contributed by atoms with E-state index < -0.39 is 0 Å². The van der Waals surface area contributed by atoms with Crippen LogP contribution in [-0.2, 0) is 11.3 Å². The van der Waals surface area contributed by atoms with E-state index in [0.717, 1.165) is 5.56 Å². The lowest BCUT2D eigenvalue weighted by atomic mass is 10.2. The van der Waals surface area contributed by atoms with Crippen LogP contribution >= 0.6 is 0 Å². The lowest BCUT2D eigenvalue weighted by Crippen LogP contribution is -2.35. The van der Waals surface area contributed by atoms with E-state index in [4.69, 9.17) is 4.74 Å². The molecule has 1 amide bonds. The number of ether oxygens (including phenoxy) is 1. The molecule has 0 unspecified atom stereocenters. The average Bonchev–Trinajstić information content (AvgIpc) is 3.10. The van der Waals surface area contributed by atoms with Crippen LogP contribution in [0.3, 0.4) is 0 Å². The number of rotatable bonds is 7. The van der Waals surface area contributed by atoms with Crippen molar-refractivity contribution < 1.29 is 9.53 Å². The van der Waals surface area contributed by atoms with Crippen LogP contribution in [0.1, 0.15) is 12.5 Å². The number of nitrogens with zero attached hydrogens (tertiary/aromatic N) is 5. The summed E-state index contributed by atoms with van der Waals surface area (Å²) in [4.78, 5) is 33.5. The number of carbonyl (C=O) groups excluding carboxylic acids is 1. The van der Waals surface area contributed by atoms with Crippen LogP contribution in [-0.4, -0.2) is 51.0 Å². The smallest absolute Gasteiger partial charge is 0.239 e. The van der Waals surface area contributed by atoms with E-state index >= 15 is 0 Å². The second-order valence-corrected chi connectivity index (χ2v) is 5.33. The SMILES string of the molecule is CCOc1ncccc1CNC(=O)CN(C)c1ncnc2nc[nH]c12. The second-order valence-electron chi connectivity index (χ2n) is 5.33. The molecule has 25 heavy (non-hydrogen) atoms. The first kappa shape index (κ1) is 16.6. The summed E-state index contributed by atoms with van der Waals surface area (Å²) in [6.07, 6.45) is 4.64. The number of imidazole rings is 1. The number of likely N-dealkylation sites (N-methyl/N-ethyl adjacent to an activating group) is 1. The number of hydrogen-bond donors (Lipinski definition) is 2. The van der Waals surface area contributed by atoms with E-state index in [1.807, 2.05) is 19.1 Å². The molecule has 0 radical (unpaired) electrons. The summed E-state index contributed by atoms with van der Waals surface area (Å²) in [5.41, 5.74) is 2.09. The monoisotopic (exact) mass is 341 g/mol. The Morgan fingerprint density at radius 2 is 2.20 bits per heavy atom. The Morgan fingerprint density at radius 1 is 1.32 bits per heavy atom. The highest BCUT2D eigenvalue weighted by molar-refractivity contribution is 5.86. The van der Waals surface area contributed by atoms with Crippen molar-refractivity contribution in [3.8, 4) is 5.88 Å². The van der Waals surface area contributed by atoms with Gasteiger partial charge in [-0.05, 0) is 13.0 Å². The van der Waals surface area contributed by atoms with Crippen LogP contribution in [0.4, 0.5) is 5.82 Å². The molecule has 9 nitrogen and oxygen atoms in total. The number of H-pyrrole nitrogens is 1. The Kier molecular flexibility index (Phi) is 5.03. The van der Waals surface area contributed by atoms with Gasteiger partial charge in [0.2, 0.25) is 11.8 Å². The molecule has 3 aromatic rings. The van der Waals surface area contributed by atoms with Crippen LogP contribution in [0.5, 0.6) is 5.88 Å². The molecule has 3 aromatic heterocycles. The number of aromatic amines is 1. The first-order valence-corrected chi connectivity index (χ1v) is 7.87. The number of aromatic nitrogens is 5. The molecule has 0 aliphatic rings. The standard InChI is InChI=1S/C16H19N7O2/c1-3-25-16-11(5-4-6-17-16)7-18-12(24)8-23(2)15-13-14(20-9-19-13)21-10-22-15/h4-6,9-10H,3,7-8H2,1-2H3,(H,18,24)(H,19,20,21,22). The molecule has 0 aliphatic carbocycles. The molecule has 0 fully saturated rings. The molecule has 0 aromatic carbocycles. The largest absolute Gasteiger partial charge is 0.478 e. The van der Waals surface area contributed by atoms with E-state index in [1.54, 1.807) is 24.5 Å². The van der Waals surface area contributed by atoms with Crippen molar-refractivity contribution in [2.24, 2.45) is 0 Å². The molecule has 0 spiro atoms. The fourth-order valence-electron chi connectivity index (χ4n) is 2.41. The molecular formula is C16H19N7O2. The Balaban J connectivity index is 1.62. The highest BCUT2D eigenvalue weighted by atomic mass is 16.5. The summed E-state index contributed by atoms with van der Waals surface area (Å²) < 4.78 is 5.46. The van der Waals surface area contributed by atoms with Crippen LogP contribution in [0.2, 0.25) is 0 Å². The molecule has 0 saturated heterocycles. The van der Waals surface area contributed by atoms with Crippen LogP contribution in [0.15, 0.2) is 31.0 Å². The van der Waals surface area contributed by atoms with Gasteiger partial charge in [0.05, 0.1) is 19.5 Å². The van der Waals surface area contributed by atoms with Crippen LogP contribution in [0.25, 0.3) is 11.2 Å². The van der Waals surface area contributed by atoms with Crippen molar-refractivity contribution in [1.29, 1.82) is 0 Å². The minimum absolute atomic E-state index is 0.139. The molecule has 0 bridgehead atoms. The van der Waals surface area contributed by atoms with Gasteiger partial charge in [-0.1, -0.05) is 6.07 Å². The number of nitrogens with one attached hydrogen (secondary N) is 2. The van der Waals surface area contributed by atoms with Gasteiger partial charge in [-0.25, -0.2) is 19.9 Å². The summed E-state index contributed by atoms with van der Waals surface area (Å²) in [5.74, 6) is 1.02. The minimum atomic E-state index is -0.139. The number of carbonyl (C=O) groups is 1. The number of pyridine rings is 1. The van der Waals surface area contributed by atoms with E-state index in [2.05, 4.69) is 30.2 Å². The third kappa shape index (κ3) is 3.82. The summed E-state index contributed by atoms with van der Waals surface area (Å²) in [6.45, 7) is 2.91. The zero-order valence-corrected chi connectivity index (χ0v) is 14.1. The quantitative estimate of drug-likeness (QED) is 0.657. The summed E-state index contributed by atoms with van der Waals surface area (Å²) in [7, 11) is 1.79. The zero-order valence-electron chi connectivity index (χ0n) is 14.1. The maximum atomic E-state index is 12.3. The summed E-state index contributed by atoms with van der Waals surface area (Å²) in [5, 5.41) is 2.87. The van der Waals surface area contributed by atoms with E-state index in [-0.39, 0.29) is 12.5 Å². The van der Waals surface area contributed by atoms with Crippen molar-refractivity contribution in [3.05, 3.63) is 36.5 Å². The molecule has 9 heteroatoms. The van der Waals surface area contributed by atoms with Crippen molar-refractivity contribution in [2.75, 3.05) is 25.1 Å². The van der Waals surface area contributed by atoms with Gasteiger partial charge in [-0.2, -0.15) is 0 Å². The Labute approximate surface area is 144 Å². The number of fused-ring (bicyclic) bond motifs is 1. The Morgan fingerprint density at radius 3 is 3.04 bits per heavy atom. The predicted octanol–water partition coefficient (Wildman–Crippen LogP) is 0.899. The minimum Gasteiger partial charge on any atom is -0.478 e. The van der Waals surface area contributed by atoms with Gasteiger partial charge in [0.15, 0.2) is 11.5 Å². The number of anilines is 1. The maximum absolute atomic E-state index is 12.3. The van der Waals surface area contributed by atoms with E-state index in [1.165, 1.54) is 6.33 Å². The molecule has 0 aliphatic heterocycles. The highest BCUT2D eigenvalue weighted by Crippen LogP contribution is 2.18. The van der Waals surface area contributed by atoms with Crippen molar-refractivity contribution >= 4 is 22.9 Å². The molecule has 2 N–H and O–H groups in total. The van der Waals surface area contributed by atoms with Gasteiger partial charge in [-0.3, -0.25) is 4.79 Å². The van der Waals surface area contributed by atoms with Gasteiger partial charge in [-0.15, -0.1) is 0 Å². The fourth-order valence-corrected chi connectivity index (χ4v) is 2.41. The lowest BCUT2D eigenvalue weighted by Gasteiger charge is -2.18. The molecule has 130 valence electrons. The lowest BCUT2D eigenvalue weighted by molar-refractivity contribution is -0.119. The highest BCUT2D eigenvalue weighted by Gasteiger charge is 2.14. The first-order chi connectivity index (χ1) is 12.2. The normalized spacial score (nSPS) is 10.6. The third-order valence-electron chi connectivity index (χ3n) is 3.55. The van der Waals surface area contributed by atoms with Crippen molar-refractivity contribution in [2.45, 2.75) is 13.5 Å². The molecular weight excluding hydrogens is 322 g/mol. The Hall–Kier alpha value is -3.23. The van der Waals surface area contributed by atoms with Gasteiger partial charge < -0.3 is 19.9 Å². The maximum Gasteiger partial charge on any atom is 0.239 e. The molecule has 0 saturated carbocycles. The van der Waals surface area contributed by atoms with E-state index in [0.29, 0.717) is 36.0 Å². The summed E-state index contributed by atoms with van der Waals surface area (Å²) >= 11 is 0. The molecule has 0 atom stereocenters.